The van der Waals surface area contributed by atoms with Crippen LogP contribution in [-0.2, 0) is 6.54 Å². The molecular formula is C15H19N3O. The topological polar surface area (TPSA) is 46.9 Å². The van der Waals surface area contributed by atoms with Crippen molar-refractivity contribution in [2.45, 2.75) is 27.3 Å². The maximum atomic E-state index is 11.8. The van der Waals surface area contributed by atoms with Gasteiger partial charge in [-0.2, -0.15) is 5.10 Å². The van der Waals surface area contributed by atoms with Gasteiger partial charge >= 0.3 is 0 Å². The molecule has 0 saturated carbocycles. The van der Waals surface area contributed by atoms with Gasteiger partial charge in [0.25, 0.3) is 0 Å². The van der Waals surface area contributed by atoms with Crippen LogP contribution < -0.4 is 10.7 Å². The number of hydrogen-bond donors (Lipinski definition) is 1. The van der Waals surface area contributed by atoms with Crippen molar-refractivity contribution in [2.75, 3.05) is 7.05 Å². The van der Waals surface area contributed by atoms with Gasteiger partial charge in [-0.25, -0.2) is 4.68 Å². The van der Waals surface area contributed by atoms with E-state index in [-0.39, 0.29) is 5.43 Å². The van der Waals surface area contributed by atoms with Crippen LogP contribution in [0.4, 0.5) is 0 Å². The summed E-state index contributed by atoms with van der Waals surface area (Å²) in [5.41, 5.74) is 4.80. The average molecular weight is 257 g/mol. The molecule has 1 aromatic heterocycles. The van der Waals surface area contributed by atoms with E-state index in [0.29, 0.717) is 12.2 Å². The Labute approximate surface area is 113 Å². The van der Waals surface area contributed by atoms with Crippen molar-refractivity contribution in [1.82, 2.24) is 15.1 Å². The summed E-state index contributed by atoms with van der Waals surface area (Å²) in [4.78, 5) is 11.8. The van der Waals surface area contributed by atoms with Crippen molar-refractivity contribution in [1.29, 1.82) is 0 Å². The third kappa shape index (κ3) is 2.74. The maximum Gasteiger partial charge on any atom is 0.204 e. The summed E-state index contributed by atoms with van der Waals surface area (Å²) in [6.07, 6.45) is 0. The lowest BCUT2D eigenvalue weighted by atomic mass is 10.1. The van der Waals surface area contributed by atoms with E-state index in [2.05, 4.69) is 36.4 Å². The summed E-state index contributed by atoms with van der Waals surface area (Å²) in [7, 11) is 1.81. The highest BCUT2D eigenvalue weighted by molar-refractivity contribution is 5.40. The quantitative estimate of drug-likeness (QED) is 0.913. The summed E-state index contributed by atoms with van der Waals surface area (Å²) < 4.78 is 1.82. The molecule has 0 unspecified atom stereocenters. The third-order valence-electron chi connectivity index (χ3n) is 3.26. The van der Waals surface area contributed by atoms with Gasteiger partial charge in [-0.15, -0.1) is 0 Å². The number of hydrogen-bond acceptors (Lipinski definition) is 3. The van der Waals surface area contributed by atoms with Gasteiger partial charge in [-0.3, -0.25) is 4.79 Å². The first kappa shape index (κ1) is 13.5. The number of nitrogens with one attached hydrogen (secondary N) is 1. The van der Waals surface area contributed by atoms with Gasteiger partial charge in [0.15, 0.2) is 0 Å². The molecule has 1 aromatic carbocycles. The number of rotatable bonds is 3. The van der Waals surface area contributed by atoms with Crippen LogP contribution in [0, 0.1) is 20.8 Å². The van der Waals surface area contributed by atoms with Gasteiger partial charge in [0.05, 0.1) is 5.69 Å². The Morgan fingerprint density at radius 2 is 1.89 bits per heavy atom. The van der Waals surface area contributed by atoms with E-state index in [1.54, 1.807) is 13.1 Å². The largest absolute Gasteiger partial charge is 0.314 e. The average Bonchev–Trinajstić information content (AvgIpc) is 2.36. The smallest absolute Gasteiger partial charge is 0.204 e. The van der Waals surface area contributed by atoms with Crippen LogP contribution in [0.5, 0.6) is 0 Å². The highest BCUT2D eigenvalue weighted by atomic mass is 16.1. The summed E-state index contributed by atoms with van der Waals surface area (Å²) in [6.45, 7) is 6.53. The van der Waals surface area contributed by atoms with Crippen LogP contribution >= 0.6 is 0 Å². The van der Waals surface area contributed by atoms with E-state index in [0.717, 1.165) is 11.4 Å². The molecule has 2 rings (SSSR count). The molecule has 0 spiro atoms. The van der Waals surface area contributed by atoms with E-state index < -0.39 is 0 Å². The second kappa shape index (κ2) is 5.36. The Hall–Kier alpha value is -1.94. The summed E-state index contributed by atoms with van der Waals surface area (Å²) in [5.74, 6) is 0. The standard InChI is InChI=1S/C15H19N3O/c1-10-5-6-13(7-11(10)2)18-12(3)8-15(19)14(17-18)9-16-4/h5-8,16H,9H2,1-4H3. The van der Waals surface area contributed by atoms with Crippen LogP contribution in [0.1, 0.15) is 22.5 Å². The number of benzene rings is 1. The van der Waals surface area contributed by atoms with Crippen LogP contribution in [0.3, 0.4) is 0 Å². The fraction of sp³-hybridized carbons (Fsp3) is 0.333. The van der Waals surface area contributed by atoms with Crippen LogP contribution in [0.2, 0.25) is 0 Å². The van der Waals surface area contributed by atoms with Crippen molar-refractivity contribution in [3.8, 4) is 5.69 Å². The zero-order valence-corrected chi connectivity index (χ0v) is 11.8. The highest BCUT2D eigenvalue weighted by Gasteiger charge is 2.07. The van der Waals surface area contributed by atoms with Crippen molar-refractivity contribution in [2.24, 2.45) is 0 Å². The predicted molar refractivity (Wildman–Crippen MR) is 76.8 cm³/mol. The predicted octanol–water partition coefficient (Wildman–Crippen LogP) is 1.88. The van der Waals surface area contributed by atoms with Gasteiger partial charge in [0.2, 0.25) is 5.43 Å². The second-order valence-corrected chi connectivity index (χ2v) is 4.81. The SMILES string of the molecule is CNCc1nn(-c2ccc(C)c(C)c2)c(C)cc1=O. The fourth-order valence-electron chi connectivity index (χ4n) is 1.99. The molecule has 0 fully saturated rings. The van der Waals surface area contributed by atoms with E-state index in [4.69, 9.17) is 0 Å². The molecule has 4 nitrogen and oxygen atoms in total. The number of aromatic nitrogens is 2. The van der Waals surface area contributed by atoms with Gasteiger partial charge < -0.3 is 5.32 Å². The first-order valence-corrected chi connectivity index (χ1v) is 6.35. The third-order valence-corrected chi connectivity index (χ3v) is 3.26. The molecule has 1 heterocycles. The molecule has 0 bridgehead atoms. The van der Waals surface area contributed by atoms with Gasteiger partial charge in [0, 0.05) is 18.3 Å². The molecular weight excluding hydrogens is 238 g/mol. The zero-order valence-electron chi connectivity index (χ0n) is 11.8. The van der Waals surface area contributed by atoms with Crippen LogP contribution in [0.15, 0.2) is 29.1 Å². The molecule has 0 radical (unpaired) electrons. The minimum atomic E-state index is -0.0214. The lowest BCUT2D eigenvalue weighted by Gasteiger charge is -2.12. The lowest BCUT2D eigenvalue weighted by Crippen LogP contribution is -2.22. The molecule has 0 atom stereocenters. The number of nitrogens with zero attached hydrogens (tertiary/aromatic N) is 2. The number of aryl methyl sites for hydroxylation is 3. The zero-order chi connectivity index (χ0) is 14.0. The molecule has 100 valence electrons. The molecule has 0 aliphatic carbocycles. The van der Waals surface area contributed by atoms with Gasteiger partial charge in [-0.05, 0) is 51.1 Å². The Morgan fingerprint density at radius 1 is 1.16 bits per heavy atom. The van der Waals surface area contributed by atoms with Crippen LogP contribution in [-0.4, -0.2) is 16.8 Å². The molecule has 4 heteroatoms. The Balaban J connectivity index is 2.57. The Morgan fingerprint density at radius 3 is 2.53 bits per heavy atom. The van der Waals surface area contributed by atoms with Crippen molar-refractivity contribution in [3.63, 3.8) is 0 Å². The summed E-state index contributed by atoms with van der Waals surface area (Å²) >= 11 is 0. The van der Waals surface area contributed by atoms with E-state index >= 15 is 0 Å². The normalized spacial score (nSPS) is 10.7. The molecule has 19 heavy (non-hydrogen) atoms. The van der Waals surface area contributed by atoms with Crippen molar-refractivity contribution >= 4 is 0 Å². The molecule has 2 aromatic rings. The highest BCUT2D eigenvalue weighted by Crippen LogP contribution is 2.14. The first-order valence-electron chi connectivity index (χ1n) is 6.35. The Bertz CT molecular complexity index is 659. The van der Waals surface area contributed by atoms with Crippen molar-refractivity contribution < 1.29 is 0 Å². The van der Waals surface area contributed by atoms with Crippen molar-refractivity contribution in [3.05, 3.63) is 57.0 Å². The minimum absolute atomic E-state index is 0.0214. The molecule has 0 saturated heterocycles. The van der Waals surface area contributed by atoms with Gasteiger partial charge in [-0.1, -0.05) is 6.07 Å². The summed E-state index contributed by atoms with van der Waals surface area (Å²) in [6, 6.07) is 7.81. The molecule has 1 N–H and O–H groups in total. The second-order valence-electron chi connectivity index (χ2n) is 4.81. The first-order chi connectivity index (χ1) is 9.02. The van der Waals surface area contributed by atoms with Crippen LogP contribution in [0.25, 0.3) is 5.69 Å². The lowest BCUT2D eigenvalue weighted by molar-refractivity contribution is 0.703. The monoisotopic (exact) mass is 257 g/mol. The molecule has 0 aliphatic rings. The fourth-order valence-corrected chi connectivity index (χ4v) is 1.99. The molecule has 0 amide bonds. The maximum absolute atomic E-state index is 11.8. The van der Waals surface area contributed by atoms with E-state index in [9.17, 15) is 4.79 Å². The van der Waals surface area contributed by atoms with Gasteiger partial charge in [0.1, 0.15) is 5.69 Å². The van der Waals surface area contributed by atoms with E-state index in [1.165, 1.54) is 11.1 Å². The minimum Gasteiger partial charge on any atom is -0.314 e. The van der Waals surface area contributed by atoms with E-state index in [1.807, 2.05) is 17.7 Å². The summed E-state index contributed by atoms with van der Waals surface area (Å²) in [5, 5.41) is 7.41. The molecule has 0 aliphatic heterocycles. The Kier molecular flexibility index (Phi) is 3.81.